The van der Waals surface area contributed by atoms with Gasteiger partial charge in [-0.1, -0.05) is 23.2 Å². The molecule has 0 aliphatic rings. The smallest absolute Gasteiger partial charge is 0.216 e. The molecule has 26 heavy (non-hydrogen) atoms. The van der Waals surface area contributed by atoms with Crippen LogP contribution in [0.4, 0.5) is 0 Å². The maximum Gasteiger partial charge on any atom is 0.216 e. The van der Waals surface area contributed by atoms with Crippen LogP contribution in [0.2, 0.25) is 10.0 Å². The van der Waals surface area contributed by atoms with E-state index in [1.807, 2.05) is 6.07 Å². The first kappa shape index (κ1) is 18.4. The molecule has 0 bridgehead atoms. The standard InChI is InChI=1S/C17H14Cl2N4O2S/c1-24-14-6-3-10(7-15(14)25-2)9-20-23-16(21-22-17(23)26)12-5-4-11(18)8-13(12)19/h3-9H,1-2H3,(H,22,26). The Morgan fingerprint density at radius 2 is 1.88 bits per heavy atom. The summed E-state index contributed by atoms with van der Waals surface area (Å²) in [5.41, 5.74) is 1.46. The van der Waals surface area contributed by atoms with Crippen molar-refractivity contribution in [2.45, 2.75) is 0 Å². The minimum atomic E-state index is 0.336. The number of benzene rings is 2. The molecule has 134 valence electrons. The molecule has 3 rings (SSSR count). The van der Waals surface area contributed by atoms with Crippen LogP contribution in [-0.2, 0) is 0 Å². The monoisotopic (exact) mass is 408 g/mol. The first-order valence-electron chi connectivity index (χ1n) is 7.42. The van der Waals surface area contributed by atoms with Gasteiger partial charge in [-0.2, -0.15) is 14.9 Å². The molecule has 1 N–H and O–H groups in total. The van der Waals surface area contributed by atoms with Gasteiger partial charge in [-0.25, -0.2) is 5.10 Å². The molecule has 0 unspecified atom stereocenters. The largest absolute Gasteiger partial charge is 0.493 e. The fourth-order valence-electron chi connectivity index (χ4n) is 2.30. The van der Waals surface area contributed by atoms with Gasteiger partial charge in [0.05, 0.1) is 25.5 Å². The Kier molecular flexibility index (Phi) is 5.61. The molecular formula is C17H14Cl2N4O2S. The molecule has 0 amide bonds. The number of H-pyrrole nitrogens is 1. The fourth-order valence-corrected chi connectivity index (χ4v) is 2.97. The molecule has 1 aromatic heterocycles. The van der Waals surface area contributed by atoms with E-state index in [2.05, 4.69) is 15.3 Å². The van der Waals surface area contributed by atoms with Gasteiger partial charge in [0, 0.05) is 10.6 Å². The van der Waals surface area contributed by atoms with Crippen LogP contribution in [0.5, 0.6) is 11.5 Å². The Morgan fingerprint density at radius 3 is 2.58 bits per heavy atom. The molecule has 2 aromatic carbocycles. The van der Waals surface area contributed by atoms with Crippen LogP contribution in [-0.4, -0.2) is 35.3 Å². The van der Waals surface area contributed by atoms with Gasteiger partial charge in [0.1, 0.15) is 0 Å². The number of nitrogens with zero attached hydrogens (tertiary/aromatic N) is 3. The Morgan fingerprint density at radius 1 is 1.12 bits per heavy atom. The highest BCUT2D eigenvalue weighted by Gasteiger charge is 2.12. The second-order valence-corrected chi connectivity index (χ2v) is 6.38. The van der Waals surface area contributed by atoms with Crippen molar-refractivity contribution in [2.75, 3.05) is 14.2 Å². The summed E-state index contributed by atoms with van der Waals surface area (Å²) in [6, 6.07) is 10.6. The first-order valence-corrected chi connectivity index (χ1v) is 8.59. The molecule has 3 aromatic rings. The summed E-state index contributed by atoms with van der Waals surface area (Å²) >= 11 is 17.5. The molecule has 0 saturated carbocycles. The molecular weight excluding hydrogens is 395 g/mol. The fraction of sp³-hybridized carbons (Fsp3) is 0.118. The van der Waals surface area contributed by atoms with E-state index in [0.29, 0.717) is 37.7 Å². The van der Waals surface area contributed by atoms with Crippen LogP contribution in [0, 0.1) is 4.77 Å². The second-order valence-electron chi connectivity index (χ2n) is 5.15. The van der Waals surface area contributed by atoms with E-state index < -0.39 is 0 Å². The topological polar surface area (TPSA) is 64.4 Å². The summed E-state index contributed by atoms with van der Waals surface area (Å²) in [7, 11) is 3.16. The van der Waals surface area contributed by atoms with Crippen molar-refractivity contribution in [3.8, 4) is 22.9 Å². The summed E-state index contributed by atoms with van der Waals surface area (Å²) in [5.74, 6) is 1.72. The van der Waals surface area contributed by atoms with Crippen molar-refractivity contribution in [1.29, 1.82) is 0 Å². The quantitative estimate of drug-likeness (QED) is 0.485. The first-order chi connectivity index (χ1) is 12.5. The Balaban J connectivity index is 2.00. The summed E-state index contributed by atoms with van der Waals surface area (Å²) < 4.78 is 12.3. The van der Waals surface area contributed by atoms with E-state index in [1.54, 1.807) is 50.8 Å². The van der Waals surface area contributed by atoms with Crippen LogP contribution < -0.4 is 9.47 Å². The number of aromatic nitrogens is 3. The number of nitrogens with one attached hydrogen (secondary N) is 1. The van der Waals surface area contributed by atoms with Crippen molar-refractivity contribution in [2.24, 2.45) is 5.10 Å². The summed E-state index contributed by atoms with van der Waals surface area (Å²) in [6.07, 6.45) is 1.64. The second kappa shape index (κ2) is 7.90. The van der Waals surface area contributed by atoms with Crippen LogP contribution in [0.3, 0.4) is 0 Å². The average Bonchev–Trinajstić information content (AvgIpc) is 3.00. The number of rotatable bonds is 5. The Labute approximate surface area is 165 Å². The predicted molar refractivity (Wildman–Crippen MR) is 105 cm³/mol. The van der Waals surface area contributed by atoms with E-state index in [9.17, 15) is 0 Å². The molecule has 0 atom stereocenters. The van der Waals surface area contributed by atoms with Gasteiger partial charge in [0.15, 0.2) is 17.3 Å². The predicted octanol–water partition coefficient (Wildman–Crippen LogP) is 4.81. The number of ether oxygens (including phenoxy) is 2. The van der Waals surface area contributed by atoms with Crippen LogP contribution in [0.1, 0.15) is 5.56 Å². The van der Waals surface area contributed by atoms with Gasteiger partial charge >= 0.3 is 0 Å². The molecule has 0 fully saturated rings. The highest BCUT2D eigenvalue weighted by Crippen LogP contribution is 2.29. The third kappa shape index (κ3) is 3.75. The molecule has 0 aliphatic carbocycles. The van der Waals surface area contributed by atoms with Crippen molar-refractivity contribution >= 4 is 41.6 Å². The Bertz CT molecular complexity index is 1030. The van der Waals surface area contributed by atoms with Gasteiger partial charge in [-0.15, -0.1) is 0 Å². The Hall–Kier alpha value is -2.35. The van der Waals surface area contributed by atoms with Crippen molar-refractivity contribution < 1.29 is 9.47 Å². The molecule has 0 radical (unpaired) electrons. The van der Waals surface area contributed by atoms with Gasteiger partial charge < -0.3 is 9.47 Å². The zero-order valence-corrected chi connectivity index (χ0v) is 16.2. The van der Waals surface area contributed by atoms with Crippen LogP contribution >= 0.6 is 35.4 Å². The summed E-state index contributed by atoms with van der Waals surface area (Å²) in [5, 5.41) is 12.3. The van der Waals surface area contributed by atoms with Crippen LogP contribution in [0.25, 0.3) is 11.4 Å². The molecule has 0 aliphatic heterocycles. The maximum absolute atomic E-state index is 6.27. The van der Waals surface area contributed by atoms with E-state index in [-0.39, 0.29) is 0 Å². The number of methoxy groups -OCH3 is 2. The van der Waals surface area contributed by atoms with Gasteiger partial charge in [0.2, 0.25) is 4.77 Å². The third-order valence-electron chi connectivity index (χ3n) is 3.55. The van der Waals surface area contributed by atoms with Crippen molar-refractivity contribution in [1.82, 2.24) is 14.9 Å². The molecule has 0 saturated heterocycles. The van der Waals surface area contributed by atoms with Gasteiger partial charge in [-0.05, 0) is 54.2 Å². The maximum atomic E-state index is 6.27. The highest BCUT2D eigenvalue weighted by atomic mass is 35.5. The lowest BCUT2D eigenvalue weighted by molar-refractivity contribution is 0.355. The zero-order valence-electron chi connectivity index (χ0n) is 13.9. The minimum Gasteiger partial charge on any atom is -0.493 e. The van der Waals surface area contributed by atoms with E-state index in [0.717, 1.165) is 5.56 Å². The molecule has 6 nitrogen and oxygen atoms in total. The third-order valence-corrected chi connectivity index (χ3v) is 4.36. The lowest BCUT2D eigenvalue weighted by Crippen LogP contribution is -1.96. The van der Waals surface area contributed by atoms with Crippen molar-refractivity contribution in [3.05, 3.63) is 56.8 Å². The molecule has 0 spiro atoms. The van der Waals surface area contributed by atoms with E-state index >= 15 is 0 Å². The summed E-state index contributed by atoms with van der Waals surface area (Å²) in [4.78, 5) is 0. The zero-order chi connectivity index (χ0) is 18.7. The lowest BCUT2D eigenvalue weighted by Gasteiger charge is -2.07. The van der Waals surface area contributed by atoms with Gasteiger partial charge in [-0.3, -0.25) is 0 Å². The average molecular weight is 409 g/mol. The van der Waals surface area contributed by atoms with Crippen LogP contribution in [0.15, 0.2) is 41.5 Å². The number of hydrogen-bond donors (Lipinski definition) is 1. The normalized spacial score (nSPS) is 11.1. The minimum absolute atomic E-state index is 0.336. The molecule has 9 heteroatoms. The molecule has 1 heterocycles. The lowest BCUT2D eigenvalue weighted by atomic mass is 10.2. The highest BCUT2D eigenvalue weighted by molar-refractivity contribution is 7.71. The van der Waals surface area contributed by atoms with E-state index in [4.69, 9.17) is 44.9 Å². The number of hydrogen-bond acceptors (Lipinski definition) is 5. The number of aromatic amines is 1. The van der Waals surface area contributed by atoms with Gasteiger partial charge in [0.25, 0.3) is 0 Å². The number of halogens is 2. The summed E-state index contributed by atoms with van der Waals surface area (Å²) in [6.45, 7) is 0. The van der Waals surface area contributed by atoms with E-state index in [1.165, 1.54) is 4.68 Å². The SMILES string of the molecule is COc1ccc(C=Nn2c(-c3ccc(Cl)cc3Cl)n[nH]c2=S)cc1OC. The van der Waals surface area contributed by atoms with Crippen molar-refractivity contribution in [3.63, 3.8) is 0 Å².